The van der Waals surface area contributed by atoms with Gasteiger partial charge in [-0.1, -0.05) is 28.4 Å². The molecule has 2 heterocycles. The highest BCUT2D eigenvalue weighted by Crippen LogP contribution is 2.31. The molecule has 0 bridgehead atoms. The van der Waals surface area contributed by atoms with Crippen LogP contribution in [0.5, 0.6) is 0 Å². The monoisotopic (exact) mass is 492 g/mol. The molecule has 1 N–H and O–H groups in total. The largest absolute Gasteiger partial charge is 0.356 e. The van der Waals surface area contributed by atoms with Crippen LogP contribution in [0, 0.1) is 12.8 Å². The minimum atomic E-state index is -3.82. The summed E-state index contributed by atoms with van der Waals surface area (Å²) >= 11 is 6.25. The van der Waals surface area contributed by atoms with E-state index in [1.54, 1.807) is 13.0 Å². The Balaban J connectivity index is 1.36. The van der Waals surface area contributed by atoms with Gasteiger partial charge in [0.2, 0.25) is 27.6 Å². The van der Waals surface area contributed by atoms with E-state index in [-0.39, 0.29) is 34.8 Å². The van der Waals surface area contributed by atoms with E-state index in [0.717, 1.165) is 19.3 Å². The number of piperidine rings is 1. The maximum absolute atomic E-state index is 13.3. The van der Waals surface area contributed by atoms with Crippen molar-refractivity contribution in [3.63, 3.8) is 0 Å². The molecule has 8 nitrogen and oxygen atoms in total. The second-order valence-electron chi connectivity index (χ2n) is 8.61. The summed E-state index contributed by atoms with van der Waals surface area (Å²) in [7, 11) is -3.82. The minimum absolute atomic E-state index is 0.00720. The number of nitrogens with zero attached hydrogens (tertiary/aromatic N) is 3. The van der Waals surface area contributed by atoms with Gasteiger partial charge in [-0.2, -0.15) is 9.29 Å². The number of hydrogen-bond donors (Lipinski definition) is 1. The molecule has 178 valence electrons. The molecule has 1 aromatic heterocycles. The number of aromatic nitrogens is 2. The van der Waals surface area contributed by atoms with Crippen molar-refractivity contribution in [1.82, 2.24) is 19.8 Å². The normalized spacial score (nSPS) is 18.2. The number of amides is 1. The lowest BCUT2D eigenvalue weighted by molar-refractivity contribution is -0.126. The van der Waals surface area contributed by atoms with E-state index >= 15 is 0 Å². The van der Waals surface area contributed by atoms with Gasteiger partial charge < -0.3 is 9.84 Å². The number of benzene rings is 1. The third-order valence-electron chi connectivity index (χ3n) is 6.29. The Morgan fingerprint density at radius 3 is 2.73 bits per heavy atom. The number of sulfonamides is 1. The SMILES string of the molecule is Cc1nc(-c2ccc(Cl)c(S(=O)(=O)N3CCC(C(=O)NCCC4=CCCCC4)CC3)c2)no1. The first kappa shape index (κ1) is 23.9. The molecule has 0 radical (unpaired) electrons. The summed E-state index contributed by atoms with van der Waals surface area (Å²) in [5.41, 5.74) is 1.94. The maximum atomic E-state index is 13.3. The van der Waals surface area contributed by atoms with E-state index in [1.807, 2.05) is 0 Å². The Hall–Kier alpha value is -2.23. The molecule has 2 aliphatic rings. The summed E-state index contributed by atoms with van der Waals surface area (Å²) in [5, 5.41) is 7.01. The van der Waals surface area contributed by atoms with Crippen molar-refractivity contribution in [1.29, 1.82) is 0 Å². The summed E-state index contributed by atoms with van der Waals surface area (Å²) in [6.45, 7) is 2.85. The van der Waals surface area contributed by atoms with E-state index in [4.69, 9.17) is 16.1 Å². The molecule has 1 saturated heterocycles. The van der Waals surface area contributed by atoms with Gasteiger partial charge in [-0.05, 0) is 63.1 Å². The first-order valence-corrected chi connectivity index (χ1v) is 13.2. The van der Waals surface area contributed by atoms with Gasteiger partial charge >= 0.3 is 0 Å². The van der Waals surface area contributed by atoms with Gasteiger partial charge in [0.05, 0.1) is 5.02 Å². The zero-order valence-corrected chi connectivity index (χ0v) is 20.3. The van der Waals surface area contributed by atoms with Crippen LogP contribution in [-0.4, -0.2) is 48.4 Å². The molecule has 0 spiro atoms. The lowest BCUT2D eigenvalue weighted by Gasteiger charge is -2.31. The summed E-state index contributed by atoms with van der Waals surface area (Å²) < 4.78 is 33.0. The zero-order valence-electron chi connectivity index (χ0n) is 18.7. The molecule has 1 aliphatic heterocycles. The Morgan fingerprint density at radius 2 is 2.06 bits per heavy atom. The number of carbonyl (C=O) groups excluding carboxylic acids is 1. The van der Waals surface area contributed by atoms with Crippen LogP contribution < -0.4 is 5.32 Å². The fourth-order valence-corrected chi connectivity index (χ4v) is 6.35. The topological polar surface area (TPSA) is 105 Å². The average Bonchev–Trinajstić information content (AvgIpc) is 3.26. The highest BCUT2D eigenvalue weighted by molar-refractivity contribution is 7.89. The van der Waals surface area contributed by atoms with Crippen LogP contribution in [0.2, 0.25) is 5.02 Å². The van der Waals surface area contributed by atoms with E-state index < -0.39 is 10.0 Å². The Bertz CT molecular complexity index is 1140. The van der Waals surface area contributed by atoms with Gasteiger partial charge in [0.1, 0.15) is 4.90 Å². The standard InChI is InChI=1S/C23H29ClN4O4S/c1-16-26-22(27-32-16)19-7-8-20(24)21(15-19)33(30,31)28-13-10-18(11-14-28)23(29)25-12-9-17-5-3-2-4-6-17/h5,7-8,15,18H,2-4,6,9-14H2,1H3,(H,25,29). The fraction of sp³-hybridized carbons (Fsp3) is 0.522. The molecule has 1 amide bonds. The van der Waals surface area contributed by atoms with Gasteiger partial charge in [-0.15, -0.1) is 0 Å². The first-order chi connectivity index (χ1) is 15.8. The number of hydrogen-bond acceptors (Lipinski definition) is 6. The van der Waals surface area contributed by atoms with Crippen molar-refractivity contribution in [3.8, 4) is 11.4 Å². The third-order valence-corrected chi connectivity index (χ3v) is 8.67. The van der Waals surface area contributed by atoms with Gasteiger partial charge in [-0.3, -0.25) is 4.79 Å². The molecule has 4 rings (SSSR count). The molecule has 1 fully saturated rings. The summed E-state index contributed by atoms with van der Waals surface area (Å²) in [6, 6.07) is 4.66. The van der Waals surface area contributed by atoms with Crippen LogP contribution in [0.1, 0.15) is 50.8 Å². The first-order valence-electron chi connectivity index (χ1n) is 11.4. The highest BCUT2D eigenvalue weighted by Gasteiger charge is 2.33. The van der Waals surface area contributed by atoms with Crippen molar-refractivity contribution in [3.05, 3.63) is 40.8 Å². The van der Waals surface area contributed by atoms with Gasteiger partial charge in [0.25, 0.3) is 0 Å². The Morgan fingerprint density at radius 1 is 1.27 bits per heavy atom. The number of allylic oxidation sites excluding steroid dienone is 1. The van der Waals surface area contributed by atoms with Crippen molar-refractivity contribution < 1.29 is 17.7 Å². The lowest BCUT2D eigenvalue weighted by Crippen LogP contribution is -2.43. The summed E-state index contributed by atoms with van der Waals surface area (Å²) in [4.78, 5) is 16.7. The van der Waals surface area contributed by atoms with Crippen LogP contribution in [0.15, 0.2) is 39.3 Å². The number of rotatable bonds is 7. The third kappa shape index (κ3) is 5.65. The molecule has 33 heavy (non-hydrogen) atoms. The predicted molar refractivity (Wildman–Crippen MR) is 125 cm³/mol. The quantitative estimate of drug-likeness (QED) is 0.583. The number of nitrogens with one attached hydrogen (secondary N) is 1. The fourth-order valence-electron chi connectivity index (χ4n) is 4.38. The lowest BCUT2D eigenvalue weighted by atomic mass is 9.96. The molecular formula is C23H29ClN4O4S. The number of carbonyl (C=O) groups is 1. The van der Waals surface area contributed by atoms with Crippen LogP contribution in [-0.2, 0) is 14.8 Å². The smallest absolute Gasteiger partial charge is 0.244 e. The zero-order chi connectivity index (χ0) is 23.4. The maximum Gasteiger partial charge on any atom is 0.244 e. The Kier molecular flexibility index (Phi) is 7.51. The molecule has 2 aromatic rings. The Labute approximate surface area is 199 Å². The van der Waals surface area contributed by atoms with E-state index in [2.05, 4.69) is 21.5 Å². The van der Waals surface area contributed by atoms with Crippen LogP contribution >= 0.6 is 11.6 Å². The molecule has 0 atom stereocenters. The number of aryl methyl sites for hydroxylation is 1. The molecular weight excluding hydrogens is 464 g/mol. The van der Waals surface area contributed by atoms with Crippen LogP contribution in [0.4, 0.5) is 0 Å². The summed E-state index contributed by atoms with van der Waals surface area (Å²) in [6.07, 6.45) is 8.90. The number of halogens is 1. The van der Waals surface area contributed by atoms with Gasteiger partial charge in [0.15, 0.2) is 0 Å². The van der Waals surface area contributed by atoms with E-state index in [1.165, 1.54) is 34.9 Å². The molecule has 1 aromatic carbocycles. The van der Waals surface area contributed by atoms with E-state index in [9.17, 15) is 13.2 Å². The summed E-state index contributed by atoms with van der Waals surface area (Å²) in [5.74, 6) is 0.525. The van der Waals surface area contributed by atoms with E-state index in [0.29, 0.717) is 36.7 Å². The highest BCUT2D eigenvalue weighted by atomic mass is 35.5. The van der Waals surface area contributed by atoms with Gasteiger partial charge in [-0.25, -0.2) is 8.42 Å². The average molecular weight is 493 g/mol. The van der Waals surface area contributed by atoms with Crippen molar-refractivity contribution in [2.45, 2.75) is 56.8 Å². The van der Waals surface area contributed by atoms with Crippen molar-refractivity contribution in [2.24, 2.45) is 5.92 Å². The second kappa shape index (κ2) is 10.4. The van der Waals surface area contributed by atoms with Gasteiger partial charge in [0, 0.05) is 38.0 Å². The van der Waals surface area contributed by atoms with Crippen LogP contribution in [0.3, 0.4) is 0 Å². The molecule has 0 saturated carbocycles. The van der Waals surface area contributed by atoms with Crippen LogP contribution in [0.25, 0.3) is 11.4 Å². The molecule has 1 aliphatic carbocycles. The van der Waals surface area contributed by atoms with Crippen molar-refractivity contribution >= 4 is 27.5 Å². The minimum Gasteiger partial charge on any atom is -0.356 e. The molecule has 10 heteroatoms. The predicted octanol–water partition coefficient (Wildman–Crippen LogP) is 4.11. The molecule has 0 unspecified atom stereocenters. The second-order valence-corrected chi connectivity index (χ2v) is 10.9. The van der Waals surface area contributed by atoms with Crippen molar-refractivity contribution in [2.75, 3.05) is 19.6 Å².